The van der Waals surface area contributed by atoms with Crippen LogP contribution in [-0.2, 0) is 0 Å². The van der Waals surface area contributed by atoms with E-state index in [1.54, 1.807) is 146 Å². The van der Waals surface area contributed by atoms with Crippen molar-refractivity contribution in [2.75, 3.05) is 0 Å². The molecule has 1 aliphatic rings. The average molecular weight is 925 g/mol. The van der Waals surface area contributed by atoms with E-state index in [0.29, 0.717) is 43.3 Å². The lowest BCUT2D eigenvalue weighted by atomic mass is 10.3. The van der Waals surface area contributed by atoms with Gasteiger partial charge in [-0.2, -0.15) is 18.1 Å². The number of hydrogen-bond donors (Lipinski definition) is 6. The van der Waals surface area contributed by atoms with Gasteiger partial charge in [-0.05, 0) is 170 Å². The molecule has 0 saturated carbocycles. The Kier molecular flexibility index (Phi) is 11.5. The van der Waals surface area contributed by atoms with Gasteiger partial charge in [0, 0.05) is 21.2 Å². The van der Waals surface area contributed by atoms with Crippen LogP contribution in [0.2, 0.25) is 0 Å². The molecule has 2 atom stereocenters. The molecule has 0 aliphatic carbocycles. The van der Waals surface area contributed by atoms with Crippen molar-refractivity contribution in [1.29, 1.82) is 0 Å². The van der Waals surface area contributed by atoms with Gasteiger partial charge in [0.05, 0.1) is 10.6 Å². The summed E-state index contributed by atoms with van der Waals surface area (Å²) in [6.07, 6.45) is 0. The van der Waals surface area contributed by atoms with E-state index in [4.69, 9.17) is 27.1 Å². The van der Waals surface area contributed by atoms with E-state index < -0.39 is 29.3 Å². The molecule has 0 aromatic heterocycles. The fourth-order valence-corrected chi connectivity index (χ4v) is 25.1. The summed E-state index contributed by atoms with van der Waals surface area (Å²) < 4.78 is 38.9. The van der Waals surface area contributed by atoms with Gasteiger partial charge >= 0.3 is 0 Å². The molecular formula is C48H40N4O8P4. The number of aromatic hydroxyl groups is 6. The molecule has 0 spiro atoms. The molecule has 64 heavy (non-hydrogen) atoms. The highest BCUT2D eigenvalue weighted by molar-refractivity contribution is 7.96. The molecule has 0 radical (unpaired) electrons. The van der Waals surface area contributed by atoms with Crippen LogP contribution in [0.1, 0.15) is 0 Å². The number of nitrogens with zero attached hydrogens (tertiary/aromatic N) is 4. The van der Waals surface area contributed by atoms with Crippen molar-refractivity contribution in [1.82, 2.24) is 0 Å². The van der Waals surface area contributed by atoms with Gasteiger partial charge in [0.2, 0.25) is 0 Å². The standard InChI is InChI=1S/C48H40N4O8P4/c53-35-11-23-43(24-12-35)61(44-25-13-36(54)14-26-44)49-63(47-31-19-39(57)20-32-47,59-41-7-3-1-4-8-41)50-62(45-27-15-37(55)16-28-45,46-29-17-38(56)18-30-46)52-64(51-61,48-33-21-40(58)22-34-48)60-42-9-5-2-6-10-42/h1-34,53-58H. The van der Waals surface area contributed by atoms with Gasteiger partial charge in [0.25, 0.3) is 14.9 Å². The smallest absolute Gasteiger partial charge is 0.284 e. The van der Waals surface area contributed by atoms with Crippen molar-refractivity contribution in [3.05, 3.63) is 206 Å². The van der Waals surface area contributed by atoms with Crippen LogP contribution in [0.3, 0.4) is 0 Å². The maximum atomic E-state index is 10.8. The molecule has 16 heteroatoms. The second-order valence-corrected chi connectivity index (χ2v) is 25.5. The zero-order valence-electron chi connectivity index (χ0n) is 33.7. The Bertz CT molecular complexity index is 2860. The van der Waals surface area contributed by atoms with E-state index in [1.165, 1.54) is 24.3 Å². The van der Waals surface area contributed by atoms with Crippen LogP contribution in [0.15, 0.2) is 224 Å². The average Bonchev–Trinajstić information content (AvgIpc) is 3.30. The minimum absolute atomic E-state index is 0.00103. The molecule has 1 aliphatic heterocycles. The first-order valence-electron chi connectivity index (χ1n) is 19.8. The van der Waals surface area contributed by atoms with E-state index in [2.05, 4.69) is 0 Å². The topological polar surface area (TPSA) is 189 Å². The second kappa shape index (κ2) is 17.3. The first kappa shape index (κ1) is 42.4. The molecular weight excluding hydrogens is 884 g/mol. The van der Waals surface area contributed by atoms with Crippen molar-refractivity contribution >= 4 is 61.1 Å². The number of para-hydroxylation sites is 2. The highest BCUT2D eigenvalue weighted by atomic mass is 31.3. The van der Waals surface area contributed by atoms with Gasteiger partial charge in [-0.15, -0.1) is 0 Å². The van der Waals surface area contributed by atoms with Crippen molar-refractivity contribution in [2.24, 2.45) is 18.1 Å². The third-order valence-corrected chi connectivity index (χ3v) is 25.1. The lowest BCUT2D eigenvalue weighted by molar-refractivity contribution is 0.475. The summed E-state index contributed by atoms with van der Waals surface area (Å²) in [6, 6.07) is 57.7. The summed E-state index contributed by atoms with van der Waals surface area (Å²) in [5.74, 6) is 0.818. The lowest BCUT2D eigenvalue weighted by Gasteiger charge is -2.37. The van der Waals surface area contributed by atoms with Crippen LogP contribution in [0.25, 0.3) is 0 Å². The quantitative estimate of drug-likeness (QED) is 0.0731. The Morgan fingerprint density at radius 3 is 0.703 bits per heavy atom. The fraction of sp³-hybridized carbons (Fsp3) is 0. The number of benzene rings is 8. The summed E-state index contributed by atoms with van der Waals surface area (Å²) in [7, 11) is -15.7. The maximum absolute atomic E-state index is 10.8. The van der Waals surface area contributed by atoms with Crippen LogP contribution in [0.4, 0.5) is 0 Å². The first-order valence-corrected chi connectivity index (χ1v) is 26.4. The van der Waals surface area contributed by atoms with Gasteiger partial charge in [0.1, 0.15) is 60.4 Å². The fourth-order valence-electron chi connectivity index (χ4n) is 7.06. The van der Waals surface area contributed by atoms with Crippen molar-refractivity contribution < 1.29 is 39.7 Å². The Labute approximate surface area is 369 Å². The van der Waals surface area contributed by atoms with Gasteiger partial charge in [0.15, 0.2) is 0 Å². The highest BCUT2D eigenvalue weighted by Gasteiger charge is 2.44. The molecule has 2 unspecified atom stereocenters. The molecule has 0 saturated heterocycles. The van der Waals surface area contributed by atoms with Gasteiger partial charge in [-0.3, -0.25) is 0 Å². The van der Waals surface area contributed by atoms with E-state index >= 15 is 0 Å². The molecule has 8 aromatic carbocycles. The molecule has 9 rings (SSSR count). The molecule has 1 heterocycles. The zero-order valence-corrected chi connectivity index (χ0v) is 37.3. The molecule has 6 N–H and O–H groups in total. The Morgan fingerprint density at radius 1 is 0.250 bits per heavy atom. The molecule has 8 aromatic rings. The van der Waals surface area contributed by atoms with E-state index in [0.717, 1.165) is 0 Å². The summed E-state index contributed by atoms with van der Waals surface area (Å²) in [6.45, 7) is 0. The minimum Gasteiger partial charge on any atom is -0.508 e. The summed E-state index contributed by atoms with van der Waals surface area (Å²) in [5, 5.41) is 67.8. The Hall–Kier alpha value is -6.92. The van der Waals surface area contributed by atoms with Crippen LogP contribution in [-0.4, -0.2) is 30.6 Å². The zero-order chi connectivity index (χ0) is 44.4. The number of phenolic OH excluding ortho intramolecular Hbond substituents is 6. The van der Waals surface area contributed by atoms with Crippen LogP contribution in [0, 0.1) is 0 Å². The SMILES string of the molecule is Oc1ccc(P2(Oc3ccccc3)=NP(c3ccc(O)cc3)(c3ccc(O)cc3)=NP(Oc3ccccc3)(c3ccc(O)cc3)=NP(c3ccc(O)cc3)(c3ccc(O)cc3)=N2)cc1. The normalized spacial score (nSPS) is 18.6. The maximum Gasteiger partial charge on any atom is 0.284 e. The van der Waals surface area contributed by atoms with Crippen LogP contribution in [0.5, 0.6) is 46.0 Å². The minimum atomic E-state index is -4.02. The summed E-state index contributed by atoms with van der Waals surface area (Å²) in [4.78, 5) is 0. The van der Waals surface area contributed by atoms with Crippen molar-refractivity contribution in [3.8, 4) is 46.0 Å². The summed E-state index contributed by atoms with van der Waals surface area (Å²) in [5.41, 5.74) is 0. The Balaban J connectivity index is 1.63. The van der Waals surface area contributed by atoms with Crippen molar-refractivity contribution in [2.45, 2.75) is 0 Å². The van der Waals surface area contributed by atoms with Gasteiger partial charge in [-0.1, -0.05) is 36.4 Å². The third-order valence-electron chi connectivity index (χ3n) is 10.2. The second-order valence-electron chi connectivity index (χ2n) is 14.6. The molecule has 0 fully saturated rings. The first-order chi connectivity index (χ1) is 31.0. The number of rotatable bonds is 10. The van der Waals surface area contributed by atoms with E-state index in [-0.39, 0.29) is 34.5 Å². The Morgan fingerprint density at radius 2 is 0.469 bits per heavy atom. The third kappa shape index (κ3) is 8.33. The summed E-state index contributed by atoms with van der Waals surface area (Å²) >= 11 is 0. The number of hydrogen-bond acceptors (Lipinski definition) is 12. The number of phenols is 6. The monoisotopic (exact) mass is 924 g/mol. The predicted octanol–water partition coefficient (Wildman–Crippen LogP) is 10.6. The van der Waals surface area contributed by atoms with E-state index in [1.807, 2.05) is 36.4 Å². The molecule has 0 amide bonds. The highest BCUT2D eigenvalue weighted by Crippen LogP contribution is 2.77. The van der Waals surface area contributed by atoms with Gasteiger partial charge in [-0.25, -0.2) is 0 Å². The van der Waals surface area contributed by atoms with Crippen LogP contribution < -0.4 is 40.9 Å². The van der Waals surface area contributed by atoms with Gasteiger partial charge < -0.3 is 39.7 Å². The molecule has 0 bridgehead atoms. The lowest BCUT2D eigenvalue weighted by Crippen LogP contribution is -2.22. The molecule has 12 nitrogen and oxygen atoms in total. The van der Waals surface area contributed by atoms with Crippen molar-refractivity contribution in [3.63, 3.8) is 0 Å². The largest absolute Gasteiger partial charge is 0.508 e. The van der Waals surface area contributed by atoms with E-state index in [9.17, 15) is 30.6 Å². The predicted molar refractivity (Wildman–Crippen MR) is 258 cm³/mol. The van der Waals surface area contributed by atoms with Crippen LogP contribution >= 0.6 is 29.3 Å². The molecule has 320 valence electrons.